The molecule has 0 atom stereocenters. The molecule has 0 spiro atoms. The SMILES string of the molecule is COc1ccccc1/C=C(/C#N)C(=O)Nc1nc(-c2ccccc2)cs1. The Morgan fingerprint density at radius 1 is 1.19 bits per heavy atom. The van der Waals surface area contributed by atoms with Gasteiger partial charge in [0, 0.05) is 16.5 Å². The van der Waals surface area contributed by atoms with Gasteiger partial charge in [0.05, 0.1) is 12.8 Å². The predicted molar refractivity (Wildman–Crippen MR) is 103 cm³/mol. The normalized spacial score (nSPS) is 10.8. The molecule has 1 N–H and O–H groups in total. The number of rotatable bonds is 5. The van der Waals surface area contributed by atoms with E-state index in [0.717, 1.165) is 11.3 Å². The largest absolute Gasteiger partial charge is 0.496 e. The Balaban J connectivity index is 1.79. The lowest BCUT2D eigenvalue weighted by Crippen LogP contribution is -2.13. The number of hydrogen-bond donors (Lipinski definition) is 1. The summed E-state index contributed by atoms with van der Waals surface area (Å²) in [6, 6.07) is 18.8. The van der Waals surface area contributed by atoms with Crippen molar-refractivity contribution >= 4 is 28.5 Å². The Labute approximate surface area is 155 Å². The van der Waals surface area contributed by atoms with E-state index in [1.54, 1.807) is 19.2 Å². The molecule has 0 aliphatic heterocycles. The number of nitrogens with one attached hydrogen (secondary N) is 1. The van der Waals surface area contributed by atoms with Gasteiger partial charge in [0.25, 0.3) is 5.91 Å². The fourth-order valence-electron chi connectivity index (χ4n) is 2.33. The molecule has 1 amide bonds. The van der Waals surface area contributed by atoms with Crippen LogP contribution in [0.4, 0.5) is 5.13 Å². The van der Waals surface area contributed by atoms with Gasteiger partial charge in [0.15, 0.2) is 5.13 Å². The van der Waals surface area contributed by atoms with Gasteiger partial charge in [-0.05, 0) is 12.1 Å². The van der Waals surface area contributed by atoms with E-state index in [2.05, 4.69) is 10.3 Å². The van der Waals surface area contributed by atoms with E-state index in [9.17, 15) is 10.1 Å². The van der Waals surface area contributed by atoms with E-state index in [1.165, 1.54) is 17.4 Å². The zero-order valence-electron chi connectivity index (χ0n) is 14.0. The molecule has 0 bridgehead atoms. The zero-order valence-corrected chi connectivity index (χ0v) is 14.8. The van der Waals surface area contributed by atoms with Gasteiger partial charge in [0.1, 0.15) is 17.4 Å². The lowest BCUT2D eigenvalue weighted by atomic mass is 10.1. The minimum absolute atomic E-state index is 0.0223. The molecular formula is C20H15N3O2S. The number of anilines is 1. The molecular weight excluding hydrogens is 346 g/mol. The molecule has 26 heavy (non-hydrogen) atoms. The third-order valence-electron chi connectivity index (χ3n) is 3.60. The van der Waals surface area contributed by atoms with Gasteiger partial charge in [-0.3, -0.25) is 10.1 Å². The summed E-state index contributed by atoms with van der Waals surface area (Å²) in [5.74, 6) is 0.0843. The van der Waals surface area contributed by atoms with Crippen molar-refractivity contribution in [2.45, 2.75) is 0 Å². The minimum atomic E-state index is -0.507. The Hall–Kier alpha value is -3.43. The molecule has 0 unspecified atom stereocenters. The number of thiazole rings is 1. The molecule has 0 saturated heterocycles. The smallest absolute Gasteiger partial charge is 0.268 e. The number of nitrogens with zero attached hydrogens (tertiary/aromatic N) is 2. The number of hydrogen-bond acceptors (Lipinski definition) is 5. The van der Waals surface area contributed by atoms with Crippen molar-refractivity contribution in [2.75, 3.05) is 12.4 Å². The van der Waals surface area contributed by atoms with Crippen molar-refractivity contribution in [2.24, 2.45) is 0 Å². The number of aromatic nitrogens is 1. The van der Waals surface area contributed by atoms with Crippen LogP contribution in [0, 0.1) is 11.3 Å². The predicted octanol–water partition coefficient (Wildman–Crippen LogP) is 4.36. The Kier molecular flexibility index (Phi) is 5.42. The molecule has 1 heterocycles. The fourth-order valence-corrected chi connectivity index (χ4v) is 3.04. The van der Waals surface area contributed by atoms with Crippen LogP contribution in [0.2, 0.25) is 0 Å². The first-order valence-corrected chi connectivity index (χ1v) is 8.66. The lowest BCUT2D eigenvalue weighted by molar-refractivity contribution is -0.112. The summed E-state index contributed by atoms with van der Waals surface area (Å²) in [6.45, 7) is 0. The minimum Gasteiger partial charge on any atom is -0.496 e. The first kappa shape index (κ1) is 17.4. The summed E-state index contributed by atoms with van der Waals surface area (Å²) in [5, 5.41) is 14.3. The van der Waals surface area contributed by atoms with Crippen molar-refractivity contribution in [1.82, 2.24) is 4.98 Å². The third kappa shape index (κ3) is 3.97. The quantitative estimate of drug-likeness (QED) is 0.541. The maximum absolute atomic E-state index is 12.4. The number of methoxy groups -OCH3 is 1. The molecule has 0 saturated carbocycles. The van der Waals surface area contributed by atoms with Crippen LogP contribution < -0.4 is 10.1 Å². The van der Waals surface area contributed by atoms with Crippen LogP contribution in [-0.2, 0) is 4.79 Å². The van der Waals surface area contributed by atoms with E-state index in [0.29, 0.717) is 16.4 Å². The number of amides is 1. The molecule has 0 fully saturated rings. The molecule has 0 aliphatic carbocycles. The molecule has 3 rings (SSSR count). The Morgan fingerprint density at radius 3 is 2.65 bits per heavy atom. The van der Waals surface area contributed by atoms with Crippen molar-refractivity contribution < 1.29 is 9.53 Å². The Bertz CT molecular complexity index is 988. The number of carbonyl (C=O) groups excluding carboxylic acids is 1. The summed E-state index contributed by atoms with van der Waals surface area (Å²) < 4.78 is 5.25. The van der Waals surface area contributed by atoms with Gasteiger partial charge in [-0.25, -0.2) is 4.98 Å². The Morgan fingerprint density at radius 2 is 1.92 bits per heavy atom. The van der Waals surface area contributed by atoms with Gasteiger partial charge in [-0.1, -0.05) is 48.5 Å². The molecule has 0 radical (unpaired) electrons. The van der Waals surface area contributed by atoms with Gasteiger partial charge < -0.3 is 4.74 Å². The summed E-state index contributed by atoms with van der Waals surface area (Å²) in [7, 11) is 1.54. The van der Waals surface area contributed by atoms with Gasteiger partial charge in [-0.15, -0.1) is 11.3 Å². The average Bonchev–Trinajstić information content (AvgIpc) is 3.15. The van der Waals surface area contributed by atoms with E-state index in [4.69, 9.17) is 4.74 Å². The van der Waals surface area contributed by atoms with Crippen LogP contribution in [0.5, 0.6) is 5.75 Å². The molecule has 2 aromatic carbocycles. The lowest BCUT2D eigenvalue weighted by Gasteiger charge is -2.05. The van der Waals surface area contributed by atoms with Crippen LogP contribution in [-0.4, -0.2) is 18.0 Å². The van der Waals surface area contributed by atoms with E-state index < -0.39 is 5.91 Å². The van der Waals surface area contributed by atoms with Gasteiger partial charge in [0.2, 0.25) is 0 Å². The average molecular weight is 361 g/mol. The fraction of sp³-hybridized carbons (Fsp3) is 0.0500. The van der Waals surface area contributed by atoms with Crippen molar-refractivity contribution in [3.05, 3.63) is 71.1 Å². The second-order valence-electron chi connectivity index (χ2n) is 5.27. The summed E-state index contributed by atoms with van der Waals surface area (Å²) >= 11 is 1.31. The molecule has 3 aromatic rings. The molecule has 1 aromatic heterocycles. The molecule has 5 nitrogen and oxygen atoms in total. The highest BCUT2D eigenvalue weighted by atomic mass is 32.1. The molecule has 6 heteroatoms. The molecule has 0 aliphatic rings. The van der Waals surface area contributed by atoms with Crippen LogP contribution in [0.3, 0.4) is 0 Å². The maximum atomic E-state index is 12.4. The summed E-state index contributed by atoms with van der Waals surface area (Å²) in [6.07, 6.45) is 1.50. The van der Waals surface area contributed by atoms with E-state index in [-0.39, 0.29) is 5.57 Å². The number of ether oxygens (including phenoxy) is 1. The highest BCUT2D eigenvalue weighted by molar-refractivity contribution is 7.14. The summed E-state index contributed by atoms with van der Waals surface area (Å²) in [5.41, 5.74) is 2.38. The number of benzene rings is 2. The number of nitriles is 1. The zero-order chi connectivity index (χ0) is 18.4. The van der Waals surface area contributed by atoms with E-state index >= 15 is 0 Å². The second kappa shape index (κ2) is 8.10. The standard InChI is InChI=1S/C20H15N3O2S/c1-25-18-10-6-5-9-15(18)11-16(12-21)19(24)23-20-22-17(13-26-20)14-7-3-2-4-8-14/h2-11,13H,1H3,(H,22,23,24)/b16-11-. The van der Waals surface area contributed by atoms with Crippen LogP contribution >= 0.6 is 11.3 Å². The second-order valence-corrected chi connectivity index (χ2v) is 6.13. The van der Waals surface area contributed by atoms with Gasteiger partial charge in [-0.2, -0.15) is 5.26 Å². The maximum Gasteiger partial charge on any atom is 0.268 e. The first-order valence-electron chi connectivity index (χ1n) is 7.78. The number of carbonyl (C=O) groups is 1. The van der Waals surface area contributed by atoms with Crippen LogP contribution in [0.1, 0.15) is 5.56 Å². The van der Waals surface area contributed by atoms with Crippen molar-refractivity contribution in [3.8, 4) is 23.1 Å². The highest BCUT2D eigenvalue weighted by Crippen LogP contribution is 2.25. The van der Waals surface area contributed by atoms with Crippen molar-refractivity contribution in [1.29, 1.82) is 5.26 Å². The number of para-hydroxylation sites is 1. The summed E-state index contributed by atoms with van der Waals surface area (Å²) in [4.78, 5) is 16.8. The third-order valence-corrected chi connectivity index (χ3v) is 4.36. The topological polar surface area (TPSA) is 75.0 Å². The molecule has 128 valence electrons. The monoisotopic (exact) mass is 361 g/mol. The highest BCUT2D eigenvalue weighted by Gasteiger charge is 2.13. The van der Waals surface area contributed by atoms with Crippen LogP contribution in [0.25, 0.3) is 17.3 Å². The first-order chi connectivity index (χ1) is 12.7. The van der Waals surface area contributed by atoms with Gasteiger partial charge >= 0.3 is 0 Å². The van der Waals surface area contributed by atoms with Crippen LogP contribution in [0.15, 0.2) is 65.6 Å². The van der Waals surface area contributed by atoms with Crippen molar-refractivity contribution in [3.63, 3.8) is 0 Å². The van der Waals surface area contributed by atoms with E-state index in [1.807, 2.05) is 53.9 Å².